The lowest BCUT2D eigenvalue weighted by Crippen LogP contribution is -2.18. The molecule has 1 aromatic rings. The summed E-state index contributed by atoms with van der Waals surface area (Å²) in [5, 5.41) is 13.4. The summed E-state index contributed by atoms with van der Waals surface area (Å²) in [6.45, 7) is 3.31. The van der Waals surface area contributed by atoms with E-state index in [0.717, 1.165) is 25.1 Å². The third kappa shape index (κ3) is 4.85. The summed E-state index contributed by atoms with van der Waals surface area (Å²) in [6, 6.07) is 5.57. The highest BCUT2D eigenvalue weighted by molar-refractivity contribution is 6.42. The van der Waals surface area contributed by atoms with Gasteiger partial charge in [-0.25, -0.2) is 0 Å². The van der Waals surface area contributed by atoms with Crippen LogP contribution in [0.25, 0.3) is 0 Å². The van der Waals surface area contributed by atoms with Gasteiger partial charge in [-0.15, -0.1) is 0 Å². The van der Waals surface area contributed by atoms with Crippen molar-refractivity contribution in [2.24, 2.45) is 0 Å². The van der Waals surface area contributed by atoms with Gasteiger partial charge in [0.2, 0.25) is 0 Å². The van der Waals surface area contributed by atoms with Crippen LogP contribution in [0.2, 0.25) is 10.0 Å². The minimum Gasteiger partial charge on any atom is -0.393 e. The summed E-state index contributed by atoms with van der Waals surface area (Å²) >= 11 is 11.7. The van der Waals surface area contributed by atoms with Gasteiger partial charge < -0.3 is 10.4 Å². The van der Waals surface area contributed by atoms with E-state index >= 15 is 0 Å². The first kappa shape index (κ1) is 12.8. The van der Waals surface area contributed by atoms with Gasteiger partial charge in [0, 0.05) is 6.54 Å². The molecule has 0 fully saturated rings. The van der Waals surface area contributed by atoms with Crippen molar-refractivity contribution in [3.63, 3.8) is 0 Å². The average Bonchev–Trinajstić information content (AvgIpc) is 2.18. The van der Waals surface area contributed by atoms with Crippen LogP contribution in [0.15, 0.2) is 18.2 Å². The number of aliphatic hydroxyl groups is 1. The van der Waals surface area contributed by atoms with Gasteiger partial charge in [-0.3, -0.25) is 0 Å². The number of halogens is 2. The van der Waals surface area contributed by atoms with E-state index in [4.69, 9.17) is 28.3 Å². The van der Waals surface area contributed by atoms with E-state index in [2.05, 4.69) is 5.32 Å². The molecule has 1 rings (SSSR count). The molecule has 84 valence electrons. The van der Waals surface area contributed by atoms with E-state index < -0.39 is 0 Å². The lowest BCUT2D eigenvalue weighted by molar-refractivity contribution is 0.183. The van der Waals surface area contributed by atoms with Crippen molar-refractivity contribution in [2.75, 3.05) is 6.54 Å². The normalized spacial score (nSPS) is 12.8. The number of aliphatic hydroxyl groups excluding tert-OH is 1. The van der Waals surface area contributed by atoms with Crippen LogP contribution in [0, 0.1) is 0 Å². The topological polar surface area (TPSA) is 32.3 Å². The van der Waals surface area contributed by atoms with E-state index in [1.165, 1.54) is 0 Å². The summed E-state index contributed by atoms with van der Waals surface area (Å²) in [5.41, 5.74) is 1.09. The highest BCUT2D eigenvalue weighted by Crippen LogP contribution is 2.22. The Labute approximate surface area is 100 Å². The van der Waals surface area contributed by atoms with Crippen LogP contribution in [0.5, 0.6) is 0 Å². The van der Waals surface area contributed by atoms with Crippen LogP contribution in [0.4, 0.5) is 0 Å². The quantitative estimate of drug-likeness (QED) is 0.785. The highest BCUT2D eigenvalue weighted by Gasteiger charge is 1.99. The van der Waals surface area contributed by atoms with E-state index in [1.807, 2.05) is 12.1 Å². The van der Waals surface area contributed by atoms with Gasteiger partial charge in [0.15, 0.2) is 0 Å². The first-order valence-electron chi connectivity index (χ1n) is 4.92. The average molecular weight is 248 g/mol. The summed E-state index contributed by atoms with van der Waals surface area (Å²) in [7, 11) is 0. The molecule has 15 heavy (non-hydrogen) atoms. The molecular formula is C11H15Cl2NO. The van der Waals surface area contributed by atoms with E-state index in [9.17, 15) is 0 Å². The molecule has 1 atom stereocenters. The summed E-state index contributed by atoms with van der Waals surface area (Å²) < 4.78 is 0. The fourth-order valence-electron chi connectivity index (χ4n) is 1.19. The number of nitrogens with one attached hydrogen (secondary N) is 1. The molecule has 2 N–H and O–H groups in total. The highest BCUT2D eigenvalue weighted by atomic mass is 35.5. The second-order valence-corrected chi connectivity index (χ2v) is 4.38. The summed E-state index contributed by atoms with van der Waals surface area (Å²) in [5.74, 6) is 0. The second-order valence-electron chi connectivity index (χ2n) is 3.56. The van der Waals surface area contributed by atoms with Gasteiger partial charge in [0.1, 0.15) is 0 Å². The van der Waals surface area contributed by atoms with Crippen molar-refractivity contribution >= 4 is 23.2 Å². The largest absolute Gasteiger partial charge is 0.393 e. The lowest BCUT2D eigenvalue weighted by Gasteiger charge is -2.07. The van der Waals surface area contributed by atoms with Crippen LogP contribution in [0.1, 0.15) is 18.9 Å². The lowest BCUT2D eigenvalue weighted by atomic mass is 10.2. The van der Waals surface area contributed by atoms with Gasteiger partial charge in [-0.1, -0.05) is 29.3 Å². The van der Waals surface area contributed by atoms with Gasteiger partial charge in [0.25, 0.3) is 0 Å². The Morgan fingerprint density at radius 3 is 2.67 bits per heavy atom. The molecule has 0 heterocycles. The monoisotopic (exact) mass is 247 g/mol. The van der Waals surface area contributed by atoms with Crippen molar-refractivity contribution in [2.45, 2.75) is 26.0 Å². The Morgan fingerprint density at radius 2 is 2.07 bits per heavy atom. The summed E-state index contributed by atoms with van der Waals surface area (Å²) in [6.07, 6.45) is 0.493. The number of hydrogen-bond acceptors (Lipinski definition) is 2. The molecular weight excluding hydrogens is 233 g/mol. The van der Waals surface area contributed by atoms with E-state index in [-0.39, 0.29) is 6.10 Å². The van der Waals surface area contributed by atoms with Crippen LogP contribution >= 0.6 is 23.2 Å². The molecule has 0 aromatic heterocycles. The standard InChI is InChI=1S/C11H15Cl2NO/c1-8(15)4-5-14-7-9-2-3-10(12)11(13)6-9/h2-3,6,8,14-15H,4-5,7H2,1H3/t8-/m1/s1. The zero-order valence-electron chi connectivity index (χ0n) is 8.63. The Bertz CT molecular complexity index is 315. The third-order valence-corrected chi connectivity index (χ3v) is 2.79. The maximum atomic E-state index is 9.05. The number of hydrogen-bond donors (Lipinski definition) is 2. The van der Waals surface area contributed by atoms with E-state index in [0.29, 0.717) is 10.0 Å². The van der Waals surface area contributed by atoms with Gasteiger partial charge in [-0.2, -0.15) is 0 Å². The van der Waals surface area contributed by atoms with Crippen LogP contribution < -0.4 is 5.32 Å². The maximum absolute atomic E-state index is 9.05. The third-order valence-electron chi connectivity index (χ3n) is 2.05. The first-order valence-corrected chi connectivity index (χ1v) is 5.68. The predicted molar refractivity (Wildman–Crippen MR) is 64.5 cm³/mol. The number of rotatable bonds is 5. The summed E-state index contributed by atoms with van der Waals surface area (Å²) in [4.78, 5) is 0. The first-order chi connectivity index (χ1) is 7.09. The minimum absolute atomic E-state index is 0.258. The molecule has 2 nitrogen and oxygen atoms in total. The molecule has 0 saturated carbocycles. The minimum atomic E-state index is -0.258. The molecule has 0 bridgehead atoms. The van der Waals surface area contributed by atoms with Crippen LogP contribution in [-0.4, -0.2) is 17.8 Å². The van der Waals surface area contributed by atoms with E-state index in [1.54, 1.807) is 13.0 Å². The van der Waals surface area contributed by atoms with Crippen molar-refractivity contribution in [1.82, 2.24) is 5.32 Å². The smallest absolute Gasteiger partial charge is 0.0595 e. The van der Waals surface area contributed by atoms with Crippen molar-refractivity contribution in [1.29, 1.82) is 0 Å². The van der Waals surface area contributed by atoms with Crippen molar-refractivity contribution in [3.8, 4) is 0 Å². The van der Waals surface area contributed by atoms with Crippen molar-refractivity contribution in [3.05, 3.63) is 33.8 Å². The number of benzene rings is 1. The van der Waals surface area contributed by atoms with Crippen molar-refractivity contribution < 1.29 is 5.11 Å². The maximum Gasteiger partial charge on any atom is 0.0595 e. The molecule has 0 aliphatic heterocycles. The Balaban J connectivity index is 2.35. The van der Waals surface area contributed by atoms with Crippen LogP contribution in [0.3, 0.4) is 0 Å². The molecule has 4 heteroatoms. The molecule has 0 aliphatic rings. The molecule has 0 saturated heterocycles. The fourth-order valence-corrected chi connectivity index (χ4v) is 1.51. The SMILES string of the molecule is C[C@@H](O)CCNCc1ccc(Cl)c(Cl)c1. The molecule has 0 unspecified atom stereocenters. The van der Waals surface area contributed by atoms with Gasteiger partial charge in [0.05, 0.1) is 16.1 Å². The zero-order valence-corrected chi connectivity index (χ0v) is 10.1. The molecule has 0 aliphatic carbocycles. The Kier molecular flexibility index (Phi) is 5.40. The Morgan fingerprint density at radius 1 is 1.33 bits per heavy atom. The molecule has 0 spiro atoms. The van der Waals surface area contributed by atoms with Crippen LogP contribution in [-0.2, 0) is 6.54 Å². The molecule has 0 amide bonds. The molecule has 0 radical (unpaired) electrons. The fraction of sp³-hybridized carbons (Fsp3) is 0.455. The zero-order chi connectivity index (χ0) is 11.3. The van der Waals surface area contributed by atoms with Gasteiger partial charge in [-0.05, 0) is 37.6 Å². The molecule has 1 aromatic carbocycles. The predicted octanol–water partition coefficient (Wildman–Crippen LogP) is 2.85. The van der Waals surface area contributed by atoms with Gasteiger partial charge >= 0.3 is 0 Å². The second kappa shape index (κ2) is 6.33. The Hall–Kier alpha value is -0.280.